The van der Waals surface area contributed by atoms with Crippen molar-refractivity contribution in [1.29, 1.82) is 5.41 Å². The Labute approximate surface area is 166 Å². The zero-order chi connectivity index (χ0) is 20.9. The predicted molar refractivity (Wildman–Crippen MR) is 108 cm³/mol. The van der Waals surface area contributed by atoms with E-state index in [0.29, 0.717) is 0 Å². The Bertz CT molecular complexity index is 1000. The fourth-order valence-electron chi connectivity index (χ4n) is 3.17. The number of anilines is 2. The molecule has 8 heteroatoms. The molecule has 0 bridgehead atoms. The van der Waals surface area contributed by atoms with Gasteiger partial charge in [0.15, 0.2) is 10.8 Å². The van der Waals surface area contributed by atoms with Gasteiger partial charge in [0, 0.05) is 11.4 Å². The molecule has 4 nitrogen and oxygen atoms in total. The van der Waals surface area contributed by atoms with Gasteiger partial charge in [0.05, 0.1) is 17.7 Å². The minimum Gasteiger partial charge on any atom is -0.305 e. The van der Waals surface area contributed by atoms with Crippen molar-refractivity contribution >= 4 is 40.2 Å². The van der Waals surface area contributed by atoms with Gasteiger partial charge in [0.25, 0.3) is 0 Å². The van der Waals surface area contributed by atoms with E-state index >= 15 is 0 Å². The van der Waals surface area contributed by atoms with Crippen LogP contribution in [0.2, 0.25) is 0 Å². The van der Waals surface area contributed by atoms with Crippen LogP contribution in [0.5, 0.6) is 0 Å². The van der Waals surface area contributed by atoms with E-state index in [-0.39, 0.29) is 16.6 Å². The normalized spacial score (nSPS) is 16.5. The molecule has 3 rings (SSSR count). The highest BCUT2D eigenvalue weighted by molar-refractivity contribution is 7.81. The Morgan fingerprint density at radius 1 is 1.07 bits per heavy atom. The van der Waals surface area contributed by atoms with Gasteiger partial charge in [-0.05, 0) is 57.3 Å². The highest BCUT2D eigenvalue weighted by Crippen LogP contribution is 2.41. The summed E-state index contributed by atoms with van der Waals surface area (Å²) in [5.74, 6) is 0.0572. The van der Waals surface area contributed by atoms with Gasteiger partial charge in [-0.3, -0.25) is 10.3 Å². The van der Waals surface area contributed by atoms with Crippen LogP contribution >= 0.6 is 12.2 Å². The van der Waals surface area contributed by atoms with E-state index in [0.717, 1.165) is 23.4 Å². The molecule has 28 heavy (non-hydrogen) atoms. The molecular formula is C20H17F3N4S. The van der Waals surface area contributed by atoms with Crippen LogP contribution in [0.4, 0.5) is 30.2 Å². The van der Waals surface area contributed by atoms with E-state index in [1.807, 2.05) is 31.2 Å². The molecular weight excluding hydrogens is 385 g/mol. The molecule has 0 atom stereocenters. The first-order chi connectivity index (χ1) is 13.0. The smallest absolute Gasteiger partial charge is 0.305 e. The summed E-state index contributed by atoms with van der Waals surface area (Å²) in [7, 11) is 0. The number of aryl methyl sites for hydroxylation is 1. The lowest BCUT2D eigenvalue weighted by atomic mass is 10.0. The van der Waals surface area contributed by atoms with Gasteiger partial charge >= 0.3 is 6.18 Å². The topological polar surface area (TPSA) is 34.7 Å². The molecule has 1 fully saturated rings. The number of alkyl halides is 3. The molecule has 0 radical (unpaired) electrons. The van der Waals surface area contributed by atoms with Crippen LogP contribution in [0.15, 0.2) is 42.5 Å². The number of hydrogen-bond donors (Lipinski definition) is 1. The van der Waals surface area contributed by atoms with Crippen molar-refractivity contribution in [3.63, 3.8) is 0 Å². The molecule has 0 aromatic heterocycles. The number of hydrogen-bond acceptors (Lipinski definition) is 2. The largest absolute Gasteiger partial charge is 0.407 e. The minimum absolute atomic E-state index is 0.0572. The third kappa shape index (κ3) is 3.12. The van der Waals surface area contributed by atoms with Crippen LogP contribution in [0.25, 0.3) is 4.85 Å². The zero-order valence-electron chi connectivity index (χ0n) is 15.4. The number of nitrogens with zero attached hydrogens (tertiary/aromatic N) is 3. The molecule has 1 saturated heterocycles. The van der Waals surface area contributed by atoms with Crippen LogP contribution < -0.4 is 9.80 Å². The first-order valence-electron chi connectivity index (χ1n) is 8.37. The van der Waals surface area contributed by atoms with Gasteiger partial charge in [-0.1, -0.05) is 23.8 Å². The Hall–Kier alpha value is -2.92. The number of rotatable bonds is 2. The Morgan fingerprint density at radius 3 is 2.18 bits per heavy atom. The molecule has 144 valence electrons. The van der Waals surface area contributed by atoms with Crippen LogP contribution in [-0.2, 0) is 6.18 Å². The first kappa shape index (κ1) is 19.8. The molecule has 0 spiro atoms. The lowest BCUT2D eigenvalue weighted by Crippen LogP contribution is -2.44. The van der Waals surface area contributed by atoms with Gasteiger partial charge in [0.1, 0.15) is 5.84 Å². The SMILES string of the molecule is [C-]#[N+]c1ccc(N2C(=N)C(C)(C)N(c3ccc(C)cc3)C2=S)cc1C(F)(F)F. The lowest BCUT2D eigenvalue weighted by molar-refractivity contribution is -0.136. The molecule has 2 aromatic carbocycles. The number of thiocarbonyl (C=S) groups is 1. The summed E-state index contributed by atoms with van der Waals surface area (Å²) in [6.07, 6.45) is -4.68. The maximum atomic E-state index is 13.4. The second-order valence-electron chi connectivity index (χ2n) is 7.01. The summed E-state index contributed by atoms with van der Waals surface area (Å²) in [6, 6.07) is 10.9. The minimum atomic E-state index is -4.68. The average molecular weight is 402 g/mol. The summed E-state index contributed by atoms with van der Waals surface area (Å²) >= 11 is 5.55. The van der Waals surface area contributed by atoms with Gasteiger partial charge in [-0.15, -0.1) is 0 Å². The predicted octanol–water partition coefficient (Wildman–Crippen LogP) is 5.93. The van der Waals surface area contributed by atoms with Gasteiger partial charge < -0.3 is 4.90 Å². The summed E-state index contributed by atoms with van der Waals surface area (Å²) in [6.45, 7) is 12.5. The highest BCUT2D eigenvalue weighted by Gasteiger charge is 2.48. The lowest BCUT2D eigenvalue weighted by Gasteiger charge is -2.30. The molecule has 1 aliphatic heterocycles. The molecule has 1 N–H and O–H groups in total. The zero-order valence-corrected chi connectivity index (χ0v) is 16.2. The van der Waals surface area contributed by atoms with Crippen molar-refractivity contribution in [2.45, 2.75) is 32.5 Å². The van der Waals surface area contributed by atoms with E-state index in [2.05, 4.69) is 4.85 Å². The number of amidine groups is 1. The molecule has 0 saturated carbocycles. The van der Waals surface area contributed by atoms with E-state index in [9.17, 15) is 13.2 Å². The molecule has 0 aliphatic carbocycles. The van der Waals surface area contributed by atoms with Crippen molar-refractivity contribution in [2.75, 3.05) is 9.80 Å². The van der Waals surface area contributed by atoms with E-state index in [4.69, 9.17) is 24.2 Å². The Kier molecular flexibility index (Phi) is 4.68. The van der Waals surface area contributed by atoms with Crippen molar-refractivity contribution in [1.82, 2.24) is 0 Å². The number of nitrogens with one attached hydrogen (secondary N) is 1. The second-order valence-corrected chi connectivity index (χ2v) is 7.37. The van der Waals surface area contributed by atoms with Crippen molar-refractivity contribution in [2.24, 2.45) is 0 Å². The number of benzene rings is 2. The van der Waals surface area contributed by atoms with Gasteiger partial charge in [-0.2, -0.15) is 13.2 Å². The van der Waals surface area contributed by atoms with Crippen LogP contribution in [-0.4, -0.2) is 16.5 Å². The summed E-state index contributed by atoms with van der Waals surface area (Å²) in [5.41, 5.74) is -0.463. The fourth-order valence-corrected chi connectivity index (χ4v) is 3.70. The monoisotopic (exact) mass is 402 g/mol. The fraction of sp³-hybridized carbons (Fsp3) is 0.250. The molecule has 1 heterocycles. The van der Waals surface area contributed by atoms with Crippen molar-refractivity contribution in [3.8, 4) is 0 Å². The summed E-state index contributed by atoms with van der Waals surface area (Å²) in [4.78, 5) is 6.02. The second kappa shape index (κ2) is 6.60. The van der Waals surface area contributed by atoms with E-state index in [1.165, 1.54) is 11.0 Å². The van der Waals surface area contributed by atoms with Crippen molar-refractivity contribution in [3.05, 3.63) is 65.0 Å². The Balaban J connectivity index is 2.11. The van der Waals surface area contributed by atoms with Gasteiger partial charge in [0.2, 0.25) is 0 Å². The van der Waals surface area contributed by atoms with Crippen LogP contribution in [0, 0.1) is 18.9 Å². The van der Waals surface area contributed by atoms with Crippen LogP contribution in [0.3, 0.4) is 0 Å². The maximum Gasteiger partial charge on any atom is 0.407 e. The van der Waals surface area contributed by atoms with E-state index in [1.54, 1.807) is 18.7 Å². The molecule has 0 amide bonds. The van der Waals surface area contributed by atoms with Crippen LogP contribution in [0.1, 0.15) is 25.0 Å². The van der Waals surface area contributed by atoms with Crippen molar-refractivity contribution < 1.29 is 13.2 Å². The summed E-state index contributed by atoms with van der Waals surface area (Å²) < 4.78 is 40.1. The molecule has 2 aromatic rings. The third-order valence-corrected chi connectivity index (χ3v) is 5.07. The molecule has 0 unspecified atom stereocenters. The Morgan fingerprint density at radius 2 is 1.64 bits per heavy atom. The highest BCUT2D eigenvalue weighted by atomic mass is 32.1. The summed E-state index contributed by atoms with van der Waals surface area (Å²) in [5, 5.41) is 8.79. The number of halogens is 3. The van der Waals surface area contributed by atoms with Gasteiger partial charge in [-0.25, -0.2) is 4.85 Å². The maximum absolute atomic E-state index is 13.4. The first-order valence-corrected chi connectivity index (χ1v) is 8.78. The van der Waals surface area contributed by atoms with E-state index < -0.39 is 23.0 Å². The standard InChI is InChI=1S/C20H17F3N4S/c1-12-5-7-13(8-6-12)27-18(28)26(17(24)19(27,2)3)14-9-10-16(25-4)15(11-14)20(21,22)23/h5-11,24H,1-3H3. The molecule has 1 aliphatic rings. The quantitative estimate of drug-likeness (QED) is 0.499. The third-order valence-electron chi connectivity index (χ3n) is 4.70. The average Bonchev–Trinajstić information content (AvgIpc) is 2.79.